The van der Waals surface area contributed by atoms with E-state index in [-0.39, 0.29) is 6.61 Å². The summed E-state index contributed by atoms with van der Waals surface area (Å²) in [5.41, 5.74) is 0. The Kier molecular flexibility index (Phi) is 18.8. The lowest BCUT2D eigenvalue weighted by atomic mass is 10.1. The van der Waals surface area contributed by atoms with Gasteiger partial charge in [-0.25, -0.2) is 0 Å². The number of halogens is 1. The second-order valence-electron chi connectivity index (χ2n) is 5.35. The van der Waals surface area contributed by atoms with E-state index >= 15 is 0 Å². The summed E-state index contributed by atoms with van der Waals surface area (Å²) in [5.74, 6) is 0. The first-order valence-corrected chi connectivity index (χ1v) is 9.76. The van der Waals surface area contributed by atoms with E-state index < -0.39 is 0 Å². The molecule has 0 aromatic heterocycles. The molecule has 0 aromatic carbocycles. The maximum absolute atomic E-state index is 8.62. The first kappa shape index (κ1) is 19.4. The minimum atomic E-state index is 0.286. The second-order valence-corrected chi connectivity index (χ2v) is 6.43. The number of allylic oxidation sites excluding steroid dienone is 1. The molecule has 0 amide bonds. The van der Waals surface area contributed by atoms with Crippen LogP contribution in [0.5, 0.6) is 0 Å². The largest absolute Gasteiger partial charge is 0.396 e. The van der Waals surface area contributed by atoms with Gasteiger partial charge in [0.25, 0.3) is 0 Å². The predicted molar refractivity (Wildman–Crippen MR) is 95.1 cm³/mol. The minimum Gasteiger partial charge on any atom is -0.396 e. The van der Waals surface area contributed by atoms with Gasteiger partial charge < -0.3 is 5.11 Å². The molecule has 114 valence electrons. The summed E-state index contributed by atoms with van der Waals surface area (Å²) in [6.45, 7) is 0.286. The van der Waals surface area contributed by atoms with Crippen LogP contribution >= 0.6 is 22.6 Å². The van der Waals surface area contributed by atoms with Gasteiger partial charge in [0.1, 0.15) is 0 Å². The van der Waals surface area contributed by atoms with Gasteiger partial charge in [-0.1, -0.05) is 92.5 Å². The van der Waals surface area contributed by atoms with Gasteiger partial charge in [0.05, 0.1) is 0 Å². The van der Waals surface area contributed by atoms with E-state index in [0.29, 0.717) is 0 Å². The van der Waals surface area contributed by atoms with Crippen molar-refractivity contribution in [2.45, 2.75) is 83.5 Å². The van der Waals surface area contributed by atoms with Crippen LogP contribution in [-0.4, -0.2) is 16.1 Å². The highest BCUT2D eigenvalue weighted by Crippen LogP contribution is 2.12. The quantitative estimate of drug-likeness (QED) is 0.159. The summed E-state index contributed by atoms with van der Waals surface area (Å²) >= 11 is 2.47. The number of aliphatic hydroxyl groups excluding tert-OH is 1. The molecule has 0 aliphatic heterocycles. The Morgan fingerprint density at radius 3 is 1.47 bits per heavy atom. The molecule has 0 fully saturated rings. The maximum Gasteiger partial charge on any atom is 0.0465 e. The van der Waals surface area contributed by atoms with Crippen molar-refractivity contribution >= 4 is 22.6 Å². The molecule has 0 radical (unpaired) electrons. The molecule has 0 aliphatic carbocycles. The van der Waals surface area contributed by atoms with Crippen molar-refractivity contribution in [2.75, 3.05) is 11.0 Å². The summed E-state index contributed by atoms with van der Waals surface area (Å²) in [5, 5.41) is 8.62. The van der Waals surface area contributed by atoms with Crippen LogP contribution in [0.3, 0.4) is 0 Å². The fourth-order valence-corrected chi connectivity index (χ4v) is 2.80. The summed E-state index contributed by atoms with van der Waals surface area (Å²) in [4.78, 5) is 0. The molecule has 0 saturated heterocycles. The molecule has 0 aliphatic rings. The Labute approximate surface area is 134 Å². The highest BCUT2D eigenvalue weighted by atomic mass is 127. The number of aliphatic hydroxyl groups is 1. The van der Waals surface area contributed by atoms with Crippen molar-refractivity contribution in [1.82, 2.24) is 0 Å². The predicted octanol–water partition coefficient (Wildman–Crippen LogP) is 6.04. The molecular weight excluding hydrogens is 347 g/mol. The van der Waals surface area contributed by atoms with Crippen LogP contribution in [0.15, 0.2) is 12.2 Å². The Morgan fingerprint density at radius 2 is 1.00 bits per heavy atom. The summed E-state index contributed by atoms with van der Waals surface area (Å²) < 4.78 is 1.33. The lowest BCUT2D eigenvalue weighted by Crippen LogP contribution is -1.83. The van der Waals surface area contributed by atoms with Crippen molar-refractivity contribution in [3.8, 4) is 0 Å². The van der Waals surface area contributed by atoms with Gasteiger partial charge in [-0.2, -0.15) is 0 Å². The van der Waals surface area contributed by atoms with Gasteiger partial charge in [-0.15, -0.1) is 0 Å². The molecule has 0 spiro atoms. The zero-order valence-corrected chi connectivity index (χ0v) is 14.7. The highest BCUT2D eigenvalue weighted by Gasteiger charge is 1.92. The Balaban J connectivity index is 2.95. The minimum absolute atomic E-state index is 0.286. The van der Waals surface area contributed by atoms with Crippen molar-refractivity contribution < 1.29 is 5.11 Å². The van der Waals surface area contributed by atoms with E-state index in [9.17, 15) is 0 Å². The van der Waals surface area contributed by atoms with Gasteiger partial charge in [-0.05, 0) is 30.1 Å². The molecule has 0 saturated carbocycles. The van der Waals surface area contributed by atoms with Gasteiger partial charge in [0.2, 0.25) is 0 Å². The number of rotatable bonds is 15. The normalized spacial score (nSPS) is 11.5. The smallest absolute Gasteiger partial charge is 0.0465 e. The monoisotopic (exact) mass is 380 g/mol. The van der Waals surface area contributed by atoms with Gasteiger partial charge in [0.15, 0.2) is 0 Å². The molecule has 0 heterocycles. The van der Waals surface area contributed by atoms with Crippen LogP contribution in [0.1, 0.15) is 83.5 Å². The van der Waals surface area contributed by atoms with Gasteiger partial charge in [-0.3, -0.25) is 0 Å². The molecule has 0 rings (SSSR count). The first-order valence-electron chi connectivity index (χ1n) is 8.23. The van der Waals surface area contributed by atoms with E-state index in [1.165, 1.54) is 81.5 Å². The van der Waals surface area contributed by atoms with Crippen LogP contribution in [0.2, 0.25) is 0 Å². The van der Waals surface area contributed by atoms with E-state index in [1.54, 1.807) is 0 Å². The van der Waals surface area contributed by atoms with Crippen LogP contribution in [0.4, 0.5) is 0 Å². The Hall–Kier alpha value is 0.430. The SMILES string of the molecule is OCC/C=C\CCCCCCCCCCCCCI. The number of unbranched alkanes of at least 4 members (excludes halogenated alkanes) is 11. The molecular formula is C17H33IO. The van der Waals surface area contributed by atoms with E-state index in [4.69, 9.17) is 5.11 Å². The highest BCUT2D eigenvalue weighted by molar-refractivity contribution is 14.1. The fraction of sp³-hybridized carbons (Fsp3) is 0.882. The lowest BCUT2D eigenvalue weighted by Gasteiger charge is -2.02. The third-order valence-corrected chi connectivity index (χ3v) is 4.23. The molecule has 1 N–H and O–H groups in total. The third kappa shape index (κ3) is 18.4. The molecule has 0 bridgehead atoms. The van der Waals surface area contributed by atoms with Gasteiger partial charge in [0, 0.05) is 6.61 Å². The van der Waals surface area contributed by atoms with Crippen molar-refractivity contribution in [2.24, 2.45) is 0 Å². The Morgan fingerprint density at radius 1 is 0.579 bits per heavy atom. The average molecular weight is 380 g/mol. The van der Waals surface area contributed by atoms with Crippen LogP contribution in [0.25, 0.3) is 0 Å². The first-order chi connectivity index (χ1) is 9.41. The van der Waals surface area contributed by atoms with Crippen LogP contribution in [-0.2, 0) is 0 Å². The average Bonchev–Trinajstić information content (AvgIpc) is 2.43. The molecule has 0 unspecified atom stereocenters. The van der Waals surface area contributed by atoms with Gasteiger partial charge >= 0.3 is 0 Å². The molecule has 0 atom stereocenters. The van der Waals surface area contributed by atoms with Crippen molar-refractivity contribution in [3.05, 3.63) is 12.2 Å². The van der Waals surface area contributed by atoms with E-state index in [2.05, 4.69) is 34.7 Å². The lowest BCUT2D eigenvalue weighted by molar-refractivity contribution is 0.302. The fourth-order valence-electron chi connectivity index (χ4n) is 2.26. The van der Waals surface area contributed by atoms with E-state index in [1.807, 2.05) is 0 Å². The Bertz CT molecular complexity index is 180. The number of hydrogen-bond donors (Lipinski definition) is 1. The zero-order valence-electron chi connectivity index (χ0n) is 12.6. The maximum atomic E-state index is 8.62. The van der Waals surface area contributed by atoms with Crippen LogP contribution in [0, 0.1) is 0 Å². The van der Waals surface area contributed by atoms with Crippen molar-refractivity contribution in [1.29, 1.82) is 0 Å². The summed E-state index contributed by atoms with van der Waals surface area (Å²) in [6, 6.07) is 0. The van der Waals surface area contributed by atoms with E-state index in [0.717, 1.165) is 6.42 Å². The van der Waals surface area contributed by atoms with Crippen molar-refractivity contribution in [3.63, 3.8) is 0 Å². The number of hydrogen-bond acceptors (Lipinski definition) is 1. The molecule has 2 heteroatoms. The topological polar surface area (TPSA) is 20.2 Å². The zero-order chi connectivity index (χ0) is 14.0. The summed E-state index contributed by atoms with van der Waals surface area (Å²) in [6.07, 6.45) is 21.9. The standard InChI is InChI=1S/C17H33IO/c18-16-14-12-10-8-6-4-2-1-3-5-7-9-11-13-15-17-19/h11,13,19H,1-10,12,14-17H2/b13-11-. The number of alkyl halides is 1. The van der Waals surface area contributed by atoms with Crippen LogP contribution < -0.4 is 0 Å². The summed E-state index contributed by atoms with van der Waals surface area (Å²) in [7, 11) is 0. The molecule has 0 aromatic rings. The second kappa shape index (κ2) is 18.4. The third-order valence-electron chi connectivity index (χ3n) is 3.47. The molecule has 19 heavy (non-hydrogen) atoms. The molecule has 1 nitrogen and oxygen atoms in total.